The molecule has 0 spiro atoms. The lowest BCUT2D eigenvalue weighted by Crippen LogP contribution is -2.55. The highest BCUT2D eigenvalue weighted by atomic mass is 35.5. The molecule has 1 N–H and O–H groups in total. The van der Waals surface area contributed by atoms with Gasteiger partial charge >= 0.3 is 0 Å². The van der Waals surface area contributed by atoms with E-state index in [1.165, 1.54) is 10.6 Å². The van der Waals surface area contributed by atoms with Gasteiger partial charge in [-0.15, -0.1) is 0 Å². The highest BCUT2D eigenvalue weighted by Gasteiger charge is 2.32. The maximum Gasteiger partial charge on any atom is 0.269 e. The molecule has 1 unspecified atom stereocenters. The zero-order valence-corrected chi connectivity index (χ0v) is 24.9. The van der Waals surface area contributed by atoms with Crippen LogP contribution < -0.4 is 10.1 Å². The van der Waals surface area contributed by atoms with Crippen molar-refractivity contribution in [2.75, 3.05) is 25.9 Å². The van der Waals surface area contributed by atoms with Crippen molar-refractivity contribution in [3.05, 3.63) is 81.6 Å². The Balaban J connectivity index is 1.12. The minimum Gasteiger partial charge on any atom is -0.487 e. The van der Waals surface area contributed by atoms with Crippen molar-refractivity contribution in [3.8, 4) is 5.75 Å². The Morgan fingerprint density at radius 2 is 1.78 bits per heavy atom. The van der Waals surface area contributed by atoms with Crippen LogP contribution in [0.3, 0.4) is 0 Å². The Labute approximate surface area is 245 Å². The summed E-state index contributed by atoms with van der Waals surface area (Å²) in [6.07, 6.45) is 3.45. The lowest BCUT2D eigenvalue weighted by atomic mass is 10.1. The van der Waals surface area contributed by atoms with Crippen molar-refractivity contribution >= 4 is 33.4 Å². The summed E-state index contributed by atoms with van der Waals surface area (Å²) in [7, 11) is -1.50. The molecule has 1 aliphatic carbocycles. The third-order valence-electron chi connectivity index (χ3n) is 7.49. The summed E-state index contributed by atoms with van der Waals surface area (Å²) in [5, 5.41) is 7.80. The molecule has 5 rings (SSSR count). The molecule has 41 heavy (non-hydrogen) atoms. The maximum absolute atomic E-state index is 13.0. The van der Waals surface area contributed by atoms with Crippen LogP contribution in [0.25, 0.3) is 0 Å². The molecule has 1 saturated heterocycles. The Morgan fingerprint density at radius 3 is 2.41 bits per heavy atom. The van der Waals surface area contributed by atoms with Gasteiger partial charge in [-0.05, 0) is 61.2 Å². The standard InChI is InChI=1S/C29H34ClN5O5S/c1-19-17-34(41(3,38)39)12-13-35(19)29(37)23-7-4-20(5-8-23)18-40-27-11-6-21(14-24(27)30)16-31-28(36)26-15-25(22-9-10-22)32-33(26)2/h4-8,11,14-15,19,22H,9-10,12-13,16-18H2,1-3H3,(H,31,36). The predicted molar refractivity (Wildman–Crippen MR) is 155 cm³/mol. The Kier molecular flexibility index (Phi) is 8.40. The van der Waals surface area contributed by atoms with E-state index in [-0.39, 0.29) is 31.0 Å². The van der Waals surface area contributed by atoms with Crippen LogP contribution in [-0.2, 0) is 30.2 Å². The molecule has 1 aliphatic heterocycles. The SMILES string of the molecule is CC1CN(S(C)(=O)=O)CCN1C(=O)c1ccc(COc2ccc(CNC(=O)c3cc(C4CC4)nn3C)cc2Cl)cc1. The van der Waals surface area contributed by atoms with Gasteiger partial charge in [-0.1, -0.05) is 29.8 Å². The lowest BCUT2D eigenvalue weighted by Gasteiger charge is -2.38. The first-order valence-electron chi connectivity index (χ1n) is 13.6. The average molecular weight is 600 g/mol. The third-order valence-corrected chi connectivity index (χ3v) is 9.06. The van der Waals surface area contributed by atoms with Crippen LogP contribution in [0.4, 0.5) is 0 Å². The van der Waals surface area contributed by atoms with Crippen LogP contribution in [0.15, 0.2) is 48.5 Å². The summed E-state index contributed by atoms with van der Waals surface area (Å²) < 4.78 is 32.6. The number of amides is 2. The topological polar surface area (TPSA) is 114 Å². The third kappa shape index (κ3) is 6.91. The smallest absolute Gasteiger partial charge is 0.269 e. The molecular formula is C29H34ClN5O5S. The number of hydrogen-bond donors (Lipinski definition) is 1. The van der Waals surface area contributed by atoms with Gasteiger partial charge in [-0.25, -0.2) is 8.42 Å². The molecule has 2 aromatic carbocycles. The van der Waals surface area contributed by atoms with E-state index in [1.807, 2.05) is 31.2 Å². The first-order valence-corrected chi connectivity index (χ1v) is 15.8. The fraction of sp³-hybridized carbons (Fsp3) is 0.414. The number of aryl methyl sites for hydroxylation is 1. The molecule has 1 atom stereocenters. The van der Waals surface area contributed by atoms with E-state index in [2.05, 4.69) is 10.4 Å². The molecule has 10 nitrogen and oxygen atoms in total. The van der Waals surface area contributed by atoms with Crippen LogP contribution in [-0.4, -0.2) is 71.1 Å². The summed E-state index contributed by atoms with van der Waals surface area (Å²) in [4.78, 5) is 27.4. The van der Waals surface area contributed by atoms with E-state index in [4.69, 9.17) is 16.3 Å². The number of carbonyl (C=O) groups is 2. The number of nitrogens with zero attached hydrogens (tertiary/aromatic N) is 4. The van der Waals surface area contributed by atoms with Gasteiger partial charge < -0.3 is 15.0 Å². The minimum absolute atomic E-state index is 0.129. The van der Waals surface area contributed by atoms with E-state index in [0.717, 1.165) is 29.7 Å². The molecule has 2 heterocycles. The molecule has 12 heteroatoms. The van der Waals surface area contributed by atoms with Crippen molar-refractivity contribution in [3.63, 3.8) is 0 Å². The fourth-order valence-electron chi connectivity index (χ4n) is 4.92. The second kappa shape index (κ2) is 11.8. The van der Waals surface area contributed by atoms with Gasteiger partial charge in [0.05, 0.1) is 17.0 Å². The van der Waals surface area contributed by atoms with Crippen molar-refractivity contribution in [2.24, 2.45) is 7.05 Å². The predicted octanol–water partition coefficient (Wildman–Crippen LogP) is 3.57. The number of aromatic nitrogens is 2. The molecule has 0 bridgehead atoms. The van der Waals surface area contributed by atoms with Crippen LogP contribution in [0.5, 0.6) is 5.75 Å². The van der Waals surface area contributed by atoms with Crippen molar-refractivity contribution in [2.45, 2.75) is 44.9 Å². The monoisotopic (exact) mass is 599 g/mol. The van der Waals surface area contributed by atoms with Gasteiger partial charge in [0.1, 0.15) is 18.1 Å². The van der Waals surface area contributed by atoms with Crippen molar-refractivity contribution < 1.29 is 22.7 Å². The van der Waals surface area contributed by atoms with Gasteiger partial charge in [0.25, 0.3) is 11.8 Å². The van der Waals surface area contributed by atoms with Crippen molar-refractivity contribution in [1.29, 1.82) is 0 Å². The average Bonchev–Trinajstić information content (AvgIpc) is 3.72. The van der Waals surface area contributed by atoms with Crippen LogP contribution in [0.1, 0.15) is 63.4 Å². The van der Waals surface area contributed by atoms with E-state index < -0.39 is 10.0 Å². The zero-order valence-electron chi connectivity index (χ0n) is 23.3. The largest absolute Gasteiger partial charge is 0.487 e. The number of carbonyl (C=O) groups excluding carboxylic acids is 2. The molecule has 2 amide bonds. The van der Waals surface area contributed by atoms with E-state index >= 15 is 0 Å². The highest BCUT2D eigenvalue weighted by Crippen LogP contribution is 2.39. The summed E-state index contributed by atoms with van der Waals surface area (Å²) in [6.45, 7) is 3.36. The van der Waals surface area contributed by atoms with Gasteiger partial charge in [0, 0.05) is 50.7 Å². The van der Waals surface area contributed by atoms with E-state index in [1.54, 1.807) is 40.9 Å². The Morgan fingerprint density at radius 1 is 1.07 bits per heavy atom. The van der Waals surface area contributed by atoms with E-state index in [9.17, 15) is 18.0 Å². The molecule has 3 aromatic rings. The lowest BCUT2D eigenvalue weighted by molar-refractivity contribution is 0.0592. The first-order chi connectivity index (χ1) is 19.5. The molecule has 2 fully saturated rings. The molecule has 1 aromatic heterocycles. The summed E-state index contributed by atoms with van der Waals surface area (Å²) in [6, 6.07) is 14.2. The molecule has 2 aliphatic rings. The van der Waals surface area contributed by atoms with E-state index in [0.29, 0.717) is 47.6 Å². The number of halogens is 1. The first kappa shape index (κ1) is 29.1. The van der Waals surface area contributed by atoms with Gasteiger partial charge in [-0.2, -0.15) is 9.40 Å². The normalized spacial score (nSPS) is 17.9. The zero-order chi connectivity index (χ0) is 29.3. The molecular weight excluding hydrogens is 566 g/mol. The molecule has 1 saturated carbocycles. The van der Waals surface area contributed by atoms with Gasteiger partial charge in [0.15, 0.2) is 0 Å². The molecule has 0 radical (unpaired) electrons. The van der Waals surface area contributed by atoms with Crippen LogP contribution in [0, 0.1) is 0 Å². The Hall–Kier alpha value is -3.41. The summed E-state index contributed by atoms with van der Waals surface area (Å²) in [5.41, 5.74) is 3.76. The number of benzene rings is 2. The number of nitrogens with one attached hydrogen (secondary N) is 1. The number of hydrogen-bond acceptors (Lipinski definition) is 6. The van der Waals surface area contributed by atoms with Crippen LogP contribution in [0.2, 0.25) is 5.02 Å². The van der Waals surface area contributed by atoms with Crippen molar-refractivity contribution in [1.82, 2.24) is 24.3 Å². The second-order valence-electron chi connectivity index (χ2n) is 10.8. The number of rotatable bonds is 9. The van der Waals surface area contributed by atoms with Gasteiger partial charge in [0.2, 0.25) is 10.0 Å². The van der Waals surface area contributed by atoms with Gasteiger partial charge in [-0.3, -0.25) is 14.3 Å². The number of piperazine rings is 1. The summed E-state index contributed by atoms with van der Waals surface area (Å²) >= 11 is 6.46. The second-order valence-corrected chi connectivity index (χ2v) is 13.1. The highest BCUT2D eigenvalue weighted by molar-refractivity contribution is 7.88. The Bertz CT molecular complexity index is 1550. The minimum atomic E-state index is -3.28. The van der Waals surface area contributed by atoms with Crippen LogP contribution >= 0.6 is 11.6 Å². The fourth-order valence-corrected chi connectivity index (χ4v) is 6.08. The summed E-state index contributed by atoms with van der Waals surface area (Å²) in [5.74, 6) is 0.682. The molecule has 218 valence electrons. The number of sulfonamides is 1. The quantitative estimate of drug-likeness (QED) is 0.402. The number of ether oxygens (including phenoxy) is 1. The maximum atomic E-state index is 13.0.